The molecule has 0 N–H and O–H groups in total. The van der Waals surface area contributed by atoms with Gasteiger partial charge < -0.3 is 4.74 Å². The van der Waals surface area contributed by atoms with Crippen molar-refractivity contribution in [3.63, 3.8) is 0 Å². The molecule has 0 atom stereocenters. The Morgan fingerprint density at radius 3 is 3.08 bits per heavy atom. The maximum absolute atomic E-state index is 4.99. The molecule has 64 valence electrons. The minimum absolute atomic E-state index is 0.443. The van der Waals surface area contributed by atoms with E-state index in [1.165, 1.54) is 11.3 Å². The van der Waals surface area contributed by atoms with Crippen molar-refractivity contribution in [3.8, 4) is 18.4 Å². The summed E-state index contributed by atoms with van der Waals surface area (Å²) in [5.41, 5.74) is 0.881. The van der Waals surface area contributed by atoms with E-state index < -0.39 is 0 Å². The lowest BCUT2D eigenvalue weighted by Crippen LogP contribution is -1.84. The van der Waals surface area contributed by atoms with Crippen molar-refractivity contribution in [1.82, 2.24) is 9.97 Å². The van der Waals surface area contributed by atoms with Gasteiger partial charge in [-0.15, -0.1) is 0 Å². The zero-order chi connectivity index (χ0) is 9.26. The average Bonchev–Trinajstić information content (AvgIpc) is 2.44. The van der Waals surface area contributed by atoms with E-state index in [1.54, 1.807) is 6.07 Å². The number of hydrogen-bond acceptors (Lipinski definition) is 4. The summed E-state index contributed by atoms with van der Waals surface area (Å²) >= 11 is 1.52. The molecule has 0 bridgehead atoms. The van der Waals surface area contributed by atoms with Crippen molar-refractivity contribution < 1.29 is 4.74 Å². The normalized spacial score (nSPS) is 9.85. The number of nitrogens with zero attached hydrogens (tertiary/aromatic N) is 2. The van der Waals surface area contributed by atoms with Crippen LogP contribution in [0, 0.1) is 19.5 Å². The topological polar surface area (TPSA) is 35.0 Å². The van der Waals surface area contributed by atoms with Gasteiger partial charge in [0.15, 0.2) is 0 Å². The summed E-state index contributed by atoms with van der Waals surface area (Å²) in [6, 6.07) is 3.56. The van der Waals surface area contributed by atoms with E-state index in [0.29, 0.717) is 5.88 Å². The van der Waals surface area contributed by atoms with Gasteiger partial charge in [0.25, 0.3) is 0 Å². The third kappa shape index (κ3) is 1.46. The van der Waals surface area contributed by atoms with E-state index >= 15 is 0 Å². The fraction of sp³-hybridized carbons (Fsp3) is 0.111. The standard InChI is InChI=1S/C9H6N2OS/c1-3-12-8-5-4-7-9(11-8)13-6(2)10-7/h1,4-5H,2H3. The van der Waals surface area contributed by atoms with E-state index in [9.17, 15) is 0 Å². The van der Waals surface area contributed by atoms with Gasteiger partial charge in [-0.25, -0.2) is 4.98 Å². The molecule has 4 heteroatoms. The molecule has 2 aromatic rings. The number of aromatic nitrogens is 2. The fourth-order valence-electron chi connectivity index (χ4n) is 1.03. The lowest BCUT2D eigenvalue weighted by atomic mass is 10.4. The number of terminal acetylenes is 1. The van der Waals surface area contributed by atoms with E-state index in [4.69, 9.17) is 11.2 Å². The second kappa shape index (κ2) is 3.04. The van der Waals surface area contributed by atoms with Crippen molar-refractivity contribution in [2.24, 2.45) is 0 Å². The molecule has 0 spiro atoms. The number of fused-ring (bicyclic) bond motifs is 1. The van der Waals surface area contributed by atoms with Crippen LogP contribution in [0.15, 0.2) is 12.1 Å². The Bertz CT molecular complexity index is 484. The van der Waals surface area contributed by atoms with E-state index in [1.807, 2.05) is 13.0 Å². The zero-order valence-electron chi connectivity index (χ0n) is 6.94. The first-order valence-corrected chi connectivity index (χ1v) is 4.48. The van der Waals surface area contributed by atoms with Gasteiger partial charge in [-0.05, 0) is 13.0 Å². The minimum Gasteiger partial charge on any atom is -0.388 e. The molecule has 13 heavy (non-hydrogen) atoms. The molecule has 0 aliphatic carbocycles. The Morgan fingerprint density at radius 2 is 2.31 bits per heavy atom. The average molecular weight is 190 g/mol. The Hall–Kier alpha value is -1.60. The lowest BCUT2D eigenvalue weighted by Gasteiger charge is -1.93. The van der Waals surface area contributed by atoms with E-state index in [0.717, 1.165) is 15.4 Å². The van der Waals surface area contributed by atoms with Crippen LogP contribution in [0.2, 0.25) is 0 Å². The van der Waals surface area contributed by atoms with Gasteiger partial charge in [0, 0.05) is 6.07 Å². The van der Waals surface area contributed by atoms with Gasteiger partial charge in [0.05, 0.1) is 5.01 Å². The van der Waals surface area contributed by atoms with Crippen LogP contribution in [0.1, 0.15) is 5.01 Å². The SMILES string of the molecule is C#COc1ccc2nc(C)sc2n1. The number of hydrogen-bond donors (Lipinski definition) is 0. The molecule has 0 saturated heterocycles. The highest BCUT2D eigenvalue weighted by molar-refractivity contribution is 7.18. The molecule has 0 aromatic carbocycles. The summed E-state index contributed by atoms with van der Waals surface area (Å²) in [5.74, 6) is 0.443. The zero-order valence-corrected chi connectivity index (χ0v) is 7.76. The molecule has 3 nitrogen and oxygen atoms in total. The van der Waals surface area contributed by atoms with Gasteiger partial charge in [0.1, 0.15) is 16.5 Å². The number of thiazole rings is 1. The first-order valence-electron chi connectivity index (χ1n) is 3.66. The number of ether oxygens (including phenoxy) is 1. The minimum atomic E-state index is 0.443. The van der Waals surface area contributed by atoms with Gasteiger partial charge in [0.2, 0.25) is 5.88 Å². The molecule has 0 aliphatic heterocycles. The predicted molar refractivity (Wildman–Crippen MR) is 51.6 cm³/mol. The second-order valence-corrected chi connectivity index (χ2v) is 3.61. The van der Waals surface area contributed by atoms with Gasteiger partial charge in [-0.3, -0.25) is 0 Å². The van der Waals surface area contributed by atoms with Crippen LogP contribution in [-0.4, -0.2) is 9.97 Å². The van der Waals surface area contributed by atoms with Gasteiger partial charge in [-0.1, -0.05) is 17.8 Å². The molecule has 0 fully saturated rings. The summed E-state index contributed by atoms with van der Waals surface area (Å²) in [6.07, 6.45) is 7.06. The third-order valence-electron chi connectivity index (χ3n) is 1.50. The molecule has 0 amide bonds. The van der Waals surface area contributed by atoms with Crippen LogP contribution in [-0.2, 0) is 0 Å². The quantitative estimate of drug-likeness (QED) is 0.645. The summed E-state index contributed by atoms with van der Waals surface area (Å²) in [6.45, 7) is 1.94. The molecule has 0 aliphatic rings. The highest BCUT2D eigenvalue weighted by Gasteiger charge is 2.02. The summed E-state index contributed by atoms with van der Waals surface area (Å²) < 4.78 is 4.82. The number of rotatable bonds is 1. The Morgan fingerprint density at radius 1 is 1.46 bits per heavy atom. The fourth-order valence-corrected chi connectivity index (χ4v) is 1.80. The first kappa shape index (κ1) is 8.02. The third-order valence-corrected chi connectivity index (χ3v) is 2.38. The number of pyridine rings is 1. The maximum Gasteiger partial charge on any atom is 0.232 e. The van der Waals surface area contributed by atoms with Gasteiger partial charge in [-0.2, -0.15) is 4.98 Å². The molecule has 2 heterocycles. The van der Waals surface area contributed by atoms with E-state index in [-0.39, 0.29) is 0 Å². The molecule has 0 saturated carbocycles. The van der Waals surface area contributed by atoms with Crippen molar-refractivity contribution in [2.45, 2.75) is 6.92 Å². The Labute approximate surface area is 79.4 Å². The van der Waals surface area contributed by atoms with Gasteiger partial charge >= 0.3 is 0 Å². The van der Waals surface area contributed by atoms with Crippen LogP contribution < -0.4 is 4.74 Å². The molecule has 0 radical (unpaired) electrons. The van der Waals surface area contributed by atoms with Crippen LogP contribution in [0.25, 0.3) is 10.3 Å². The molecular weight excluding hydrogens is 184 g/mol. The van der Waals surface area contributed by atoms with Crippen molar-refractivity contribution >= 4 is 21.7 Å². The van der Waals surface area contributed by atoms with Crippen LogP contribution >= 0.6 is 11.3 Å². The summed E-state index contributed by atoms with van der Waals surface area (Å²) in [5, 5.41) is 0.986. The molecule has 2 aromatic heterocycles. The van der Waals surface area contributed by atoms with Crippen molar-refractivity contribution in [3.05, 3.63) is 17.1 Å². The Kier molecular flexibility index (Phi) is 1.87. The molecule has 2 rings (SSSR count). The maximum atomic E-state index is 4.99. The van der Waals surface area contributed by atoms with Crippen molar-refractivity contribution in [2.75, 3.05) is 0 Å². The monoisotopic (exact) mass is 190 g/mol. The molecule has 0 unspecified atom stereocenters. The van der Waals surface area contributed by atoms with Crippen LogP contribution in [0.3, 0.4) is 0 Å². The second-order valence-electron chi connectivity index (χ2n) is 2.43. The first-order chi connectivity index (χ1) is 6.29. The summed E-state index contributed by atoms with van der Waals surface area (Å²) in [4.78, 5) is 9.29. The smallest absolute Gasteiger partial charge is 0.232 e. The highest BCUT2D eigenvalue weighted by Crippen LogP contribution is 2.21. The lowest BCUT2D eigenvalue weighted by molar-refractivity contribution is 0.501. The Balaban J connectivity index is 2.56. The van der Waals surface area contributed by atoms with Crippen molar-refractivity contribution in [1.29, 1.82) is 0 Å². The van der Waals surface area contributed by atoms with Crippen LogP contribution in [0.5, 0.6) is 5.88 Å². The highest BCUT2D eigenvalue weighted by atomic mass is 32.1. The summed E-state index contributed by atoms with van der Waals surface area (Å²) in [7, 11) is 0. The predicted octanol–water partition coefficient (Wildman–Crippen LogP) is 1.97. The number of aryl methyl sites for hydroxylation is 1. The van der Waals surface area contributed by atoms with Crippen LogP contribution in [0.4, 0.5) is 0 Å². The largest absolute Gasteiger partial charge is 0.388 e. The molecular formula is C9H6N2OS. The van der Waals surface area contributed by atoms with E-state index in [2.05, 4.69) is 16.1 Å².